The van der Waals surface area contributed by atoms with Crippen LogP contribution in [-0.4, -0.2) is 16.0 Å². The molecule has 114 valence electrons. The number of carboxylic acids is 1. The van der Waals surface area contributed by atoms with Crippen LogP contribution >= 0.6 is 11.3 Å². The molecule has 2 aromatic rings. The molecule has 0 amide bonds. The topological polar surface area (TPSA) is 40.5 Å². The van der Waals surface area contributed by atoms with Gasteiger partial charge in [-0.1, -0.05) is 6.07 Å². The van der Waals surface area contributed by atoms with Gasteiger partial charge in [0.1, 0.15) is 4.88 Å². The van der Waals surface area contributed by atoms with Crippen molar-refractivity contribution in [3.63, 3.8) is 0 Å². The summed E-state index contributed by atoms with van der Waals surface area (Å²) in [6.07, 6.45) is 1.92. The maximum absolute atomic E-state index is 13.3. The molecular formula is C16H13F2NO2S. The second-order valence-corrected chi connectivity index (χ2v) is 6.35. The zero-order valence-corrected chi connectivity index (χ0v) is 12.6. The molecule has 0 fully saturated rings. The van der Waals surface area contributed by atoms with Crippen LogP contribution in [0.15, 0.2) is 30.5 Å². The molecule has 6 heteroatoms. The van der Waals surface area contributed by atoms with E-state index in [9.17, 15) is 13.6 Å². The SMILES string of the molecule is CC1=CN(Cc2ccc(F)c(F)c2)Cc2sc(C(=O)O)cc21. The first-order valence-corrected chi connectivity index (χ1v) is 7.48. The van der Waals surface area contributed by atoms with Gasteiger partial charge in [-0.05, 0) is 41.8 Å². The number of rotatable bonds is 3. The summed E-state index contributed by atoms with van der Waals surface area (Å²) in [5.74, 6) is -2.65. The van der Waals surface area contributed by atoms with Crippen molar-refractivity contribution in [1.29, 1.82) is 0 Å². The van der Waals surface area contributed by atoms with E-state index < -0.39 is 17.6 Å². The van der Waals surface area contributed by atoms with Crippen molar-refractivity contribution < 1.29 is 18.7 Å². The standard InChI is InChI=1S/C16H13F2NO2S/c1-9-6-19(7-10-2-3-12(17)13(18)4-10)8-15-11(9)5-14(22-15)16(20)21/h2-6H,7-8H2,1H3,(H,20,21). The monoisotopic (exact) mass is 321 g/mol. The zero-order chi connectivity index (χ0) is 15.9. The number of carbonyl (C=O) groups is 1. The van der Waals surface area contributed by atoms with Crippen molar-refractivity contribution in [2.45, 2.75) is 20.0 Å². The van der Waals surface area contributed by atoms with E-state index in [2.05, 4.69) is 0 Å². The summed E-state index contributed by atoms with van der Waals surface area (Å²) in [4.78, 5) is 14.3. The number of hydrogen-bond donors (Lipinski definition) is 1. The average molecular weight is 321 g/mol. The van der Waals surface area contributed by atoms with E-state index in [1.165, 1.54) is 17.4 Å². The zero-order valence-electron chi connectivity index (χ0n) is 11.8. The number of nitrogens with zero attached hydrogens (tertiary/aromatic N) is 1. The van der Waals surface area contributed by atoms with Crippen LogP contribution in [0.25, 0.3) is 5.57 Å². The van der Waals surface area contributed by atoms with Gasteiger partial charge in [0.25, 0.3) is 0 Å². The number of fused-ring (bicyclic) bond motifs is 1. The van der Waals surface area contributed by atoms with E-state index in [1.54, 1.807) is 12.1 Å². The van der Waals surface area contributed by atoms with Gasteiger partial charge in [0.05, 0.1) is 6.54 Å². The third kappa shape index (κ3) is 2.74. The summed E-state index contributed by atoms with van der Waals surface area (Å²) in [6, 6.07) is 5.53. The number of hydrogen-bond acceptors (Lipinski definition) is 3. The highest BCUT2D eigenvalue weighted by molar-refractivity contribution is 7.14. The Hall–Kier alpha value is -2.21. The van der Waals surface area contributed by atoms with Crippen molar-refractivity contribution >= 4 is 22.9 Å². The molecule has 2 heterocycles. The average Bonchev–Trinajstić information content (AvgIpc) is 2.88. The third-order valence-corrected chi connectivity index (χ3v) is 4.65. The molecule has 0 spiro atoms. The van der Waals surface area contributed by atoms with Crippen LogP contribution in [0.1, 0.15) is 32.6 Å². The Morgan fingerprint density at radius 2 is 2.09 bits per heavy atom. The second-order valence-electron chi connectivity index (χ2n) is 5.22. The Labute approximate surface area is 130 Å². The smallest absolute Gasteiger partial charge is 0.345 e. The summed E-state index contributed by atoms with van der Waals surface area (Å²) >= 11 is 1.25. The van der Waals surface area contributed by atoms with Gasteiger partial charge in [-0.2, -0.15) is 0 Å². The van der Waals surface area contributed by atoms with Crippen molar-refractivity contribution in [3.05, 3.63) is 63.0 Å². The van der Waals surface area contributed by atoms with Crippen molar-refractivity contribution in [3.8, 4) is 0 Å². The first-order chi connectivity index (χ1) is 10.4. The maximum Gasteiger partial charge on any atom is 0.345 e. The Balaban J connectivity index is 1.83. The van der Waals surface area contributed by atoms with Crippen molar-refractivity contribution in [2.24, 2.45) is 0 Å². The minimum Gasteiger partial charge on any atom is -0.477 e. The van der Waals surface area contributed by atoms with E-state index in [-0.39, 0.29) is 0 Å². The van der Waals surface area contributed by atoms with Crippen LogP contribution in [0.5, 0.6) is 0 Å². The van der Waals surface area contributed by atoms with Crippen LogP contribution in [0.3, 0.4) is 0 Å². The Bertz CT molecular complexity index is 782. The quantitative estimate of drug-likeness (QED) is 0.925. The Kier molecular flexibility index (Phi) is 3.70. The first-order valence-electron chi connectivity index (χ1n) is 6.67. The van der Waals surface area contributed by atoms with Gasteiger partial charge in [0.2, 0.25) is 0 Å². The molecule has 1 aliphatic heterocycles. The van der Waals surface area contributed by atoms with Gasteiger partial charge in [-0.25, -0.2) is 13.6 Å². The molecule has 0 radical (unpaired) electrons. The van der Waals surface area contributed by atoms with Gasteiger partial charge in [-0.15, -0.1) is 11.3 Å². The third-order valence-electron chi connectivity index (χ3n) is 3.54. The number of allylic oxidation sites excluding steroid dienone is 1. The van der Waals surface area contributed by atoms with Gasteiger partial charge < -0.3 is 10.0 Å². The van der Waals surface area contributed by atoms with E-state index in [1.807, 2.05) is 18.0 Å². The van der Waals surface area contributed by atoms with Gasteiger partial charge in [0.15, 0.2) is 11.6 Å². The number of thiophene rings is 1. The number of benzene rings is 1. The van der Waals surface area contributed by atoms with Gasteiger partial charge in [0, 0.05) is 17.6 Å². The molecule has 0 saturated heterocycles. The largest absolute Gasteiger partial charge is 0.477 e. The lowest BCUT2D eigenvalue weighted by Crippen LogP contribution is -2.19. The Morgan fingerprint density at radius 3 is 2.77 bits per heavy atom. The predicted molar refractivity (Wildman–Crippen MR) is 80.5 cm³/mol. The minimum atomic E-state index is -0.931. The van der Waals surface area contributed by atoms with E-state index in [0.29, 0.717) is 23.5 Å². The molecule has 0 atom stereocenters. The highest BCUT2D eigenvalue weighted by atomic mass is 32.1. The lowest BCUT2D eigenvalue weighted by Gasteiger charge is -2.26. The van der Waals surface area contributed by atoms with Crippen molar-refractivity contribution in [1.82, 2.24) is 4.90 Å². The van der Waals surface area contributed by atoms with Gasteiger partial charge >= 0.3 is 5.97 Å². The fraction of sp³-hybridized carbons (Fsp3) is 0.188. The minimum absolute atomic E-state index is 0.312. The highest BCUT2D eigenvalue weighted by Gasteiger charge is 2.20. The molecule has 3 rings (SSSR count). The number of carboxylic acid groups (broad SMARTS) is 1. The van der Waals surface area contributed by atoms with Crippen LogP contribution in [0.2, 0.25) is 0 Å². The lowest BCUT2D eigenvalue weighted by atomic mass is 10.1. The van der Waals surface area contributed by atoms with Gasteiger partial charge in [-0.3, -0.25) is 0 Å². The molecule has 0 saturated carbocycles. The normalized spacial score (nSPS) is 13.8. The first kappa shape index (κ1) is 14.7. The molecule has 1 aliphatic rings. The second kappa shape index (κ2) is 5.53. The molecule has 1 aromatic carbocycles. The predicted octanol–water partition coefficient (Wildman–Crippen LogP) is 4.10. The van der Waals surface area contributed by atoms with Crippen molar-refractivity contribution in [2.75, 3.05) is 0 Å². The summed E-state index contributed by atoms with van der Waals surface area (Å²) in [5.41, 5.74) is 2.58. The maximum atomic E-state index is 13.3. The molecule has 1 N–H and O–H groups in total. The summed E-state index contributed by atoms with van der Waals surface area (Å²) in [7, 11) is 0. The fourth-order valence-electron chi connectivity index (χ4n) is 2.53. The molecular weight excluding hydrogens is 308 g/mol. The molecule has 22 heavy (non-hydrogen) atoms. The molecule has 0 bridgehead atoms. The van der Waals surface area contributed by atoms with E-state index in [0.717, 1.165) is 22.1 Å². The van der Waals surface area contributed by atoms with E-state index in [4.69, 9.17) is 5.11 Å². The number of halogens is 2. The van der Waals surface area contributed by atoms with Crippen LogP contribution in [0, 0.1) is 11.6 Å². The Morgan fingerprint density at radius 1 is 1.32 bits per heavy atom. The lowest BCUT2D eigenvalue weighted by molar-refractivity contribution is 0.0702. The highest BCUT2D eigenvalue weighted by Crippen LogP contribution is 2.34. The molecule has 1 aromatic heterocycles. The molecule has 0 aliphatic carbocycles. The summed E-state index contributed by atoms with van der Waals surface area (Å²) in [6.45, 7) is 2.91. The fourth-order valence-corrected chi connectivity index (χ4v) is 3.62. The summed E-state index contributed by atoms with van der Waals surface area (Å²) in [5, 5.41) is 9.08. The van der Waals surface area contributed by atoms with E-state index >= 15 is 0 Å². The summed E-state index contributed by atoms with van der Waals surface area (Å²) < 4.78 is 26.2. The molecule has 0 unspecified atom stereocenters. The van der Waals surface area contributed by atoms with Crippen LogP contribution in [-0.2, 0) is 13.1 Å². The molecule has 3 nitrogen and oxygen atoms in total. The van der Waals surface area contributed by atoms with Crippen LogP contribution < -0.4 is 0 Å². The number of aromatic carboxylic acids is 1. The van der Waals surface area contributed by atoms with Crippen LogP contribution in [0.4, 0.5) is 8.78 Å².